The number of hydrogen-bond acceptors (Lipinski definition) is 5. The molecule has 1 atom stereocenters. The largest absolute Gasteiger partial charge is 0.453 e. The van der Waals surface area contributed by atoms with Crippen LogP contribution >= 0.6 is 0 Å². The van der Waals surface area contributed by atoms with Gasteiger partial charge in [-0.1, -0.05) is 48.5 Å². The zero-order valence-electron chi connectivity index (χ0n) is 17.4. The molecule has 3 aromatic rings. The number of carbonyl (C=O) groups excluding carboxylic acids is 2. The lowest BCUT2D eigenvalue weighted by molar-refractivity contribution is -0.115. The second kappa shape index (κ2) is 9.40. The summed E-state index contributed by atoms with van der Waals surface area (Å²) in [4.78, 5) is 26.1. The minimum atomic E-state index is -3.80. The highest BCUT2D eigenvalue weighted by Crippen LogP contribution is 2.38. The Labute approximate surface area is 187 Å². The van der Waals surface area contributed by atoms with Gasteiger partial charge < -0.3 is 9.73 Å². The van der Waals surface area contributed by atoms with Crippen LogP contribution in [0, 0.1) is 0 Å². The zero-order chi connectivity index (χ0) is 22.6. The average molecular weight is 453 g/mol. The van der Waals surface area contributed by atoms with Crippen molar-refractivity contribution < 1.29 is 22.4 Å². The fourth-order valence-corrected chi connectivity index (χ4v) is 5.46. The summed E-state index contributed by atoms with van der Waals surface area (Å²) in [5.74, 6) is -1.47. The van der Waals surface area contributed by atoms with Crippen LogP contribution in [0.3, 0.4) is 0 Å². The van der Waals surface area contributed by atoms with E-state index in [1.807, 2.05) is 18.2 Å². The van der Waals surface area contributed by atoms with Crippen LogP contribution in [0.1, 0.15) is 40.1 Å². The molecule has 0 aliphatic carbocycles. The third kappa shape index (κ3) is 4.75. The van der Waals surface area contributed by atoms with Gasteiger partial charge >= 0.3 is 0 Å². The van der Waals surface area contributed by atoms with Crippen molar-refractivity contribution >= 4 is 27.3 Å². The number of carbonyl (C=O) groups is 2. The fourth-order valence-electron chi connectivity index (χ4n) is 3.78. The van der Waals surface area contributed by atoms with Crippen LogP contribution in [0.5, 0.6) is 0 Å². The van der Waals surface area contributed by atoms with E-state index in [1.165, 1.54) is 22.6 Å². The molecule has 2 amide bonds. The zero-order valence-corrected chi connectivity index (χ0v) is 18.3. The Morgan fingerprint density at radius 1 is 0.969 bits per heavy atom. The van der Waals surface area contributed by atoms with Crippen molar-refractivity contribution in [3.8, 4) is 0 Å². The number of sulfone groups is 1. The van der Waals surface area contributed by atoms with Gasteiger partial charge in [0.1, 0.15) is 11.5 Å². The van der Waals surface area contributed by atoms with Crippen LogP contribution in [0.25, 0.3) is 0 Å². The maximum atomic E-state index is 12.7. The second-order valence-electron chi connectivity index (χ2n) is 7.66. The normalized spacial score (nSPS) is 17.4. The van der Waals surface area contributed by atoms with Crippen LogP contribution in [0.15, 0.2) is 77.2 Å². The Morgan fingerprint density at radius 3 is 2.38 bits per heavy atom. The van der Waals surface area contributed by atoms with Crippen LogP contribution in [0.2, 0.25) is 0 Å². The van der Waals surface area contributed by atoms with Crippen molar-refractivity contribution in [1.29, 1.82) is 0 Å². The maximum Gasteiger partial charge on any atom is 0.286 e. The van der Waals surface area contributed by atoms with Gasteiger partial charge in [-0.2, -0.15) is 0 Å². The lowest BCUT2D eigenvalue weighted by atomic mass is 10.1. The highest BCUT2D eigenvalue weighted by Gasteiger charge is 2.47. The molecule has 0 saturated carbocycles. The van der Waals surface area contributed by atoms with E-state index in [1.54, 1.807) is 30.3 Å². The molecule has 1 saturated heterocycles. The molecule has 7 nitrogen and oxygen atoms in total. The molecule has 1 aromatic heterocycles. The summed E-state index contributed by atoms with van der Waals surface area (Å²) < 4.78 is 31.0. The molecule has 1 aliphatic rings. The third-order valence-electron chi connectivity index (χ3n) is 5.32. The van der Waals surface area contributed by atoms with Gasteiger partial charge in [0.15, 0.2) is 21.0 Å². The Bertz CT molecular complexity index is 1190. The Morgan fingerprint density at radius 2 is 1.66 bits per heavy atom. The molecular weight excluding hydrogens is 428 g/mol. The Kier molecular flexibility index (Phi) is 6.41. The van der Waals surface area contributed by atoms with Crippen LogP contribution in [0.4, 0.5) is 5.69 Å². The number of rotatable bonds is 8. The highest BCUT2D eigenvalue weighted by atomic mass is 32.2. The Balaban J connectivity index is 1.39. The maximum absolute atomic E-state index is 12.7. The van der Waals surface area contributed by atoms with Crippen LogP contribution in [-0.2, 0) is 21.1 Å². The van der Waals surface area contributed by atoms with E-state index < -0.39 is 32.8 Å². The van der Waals surface area contributed by atoms with Crippen molar-refractivity contribution in [3.63, 3.8) is 0 Å². The van der Waals surface area contributed by atoms with Crippen molar-refractivity contribution in [3.05, 3.63) is 89.9 Å². The summed E-state index contributed by atoms with van der Waals surface area (Å²) in [5, 5.41) is 1.51. The van der Waals surface area contributed by atoms with Crippen molar-refractivity contribution in [2.24, 2.45) is 0 Å². The van der Waals surface area contributed by atoms with E-state index >= 15 is 0 Å². The van der Waals surface area contributed by atoms with Crippen molar-refractivity contribution in [2.75, 3.05) is 17.2 Å². The quantitative estimate of drug-likeness (QED) is 0.528. The molecule has 2 aromatic carbocycles. The van der Waals surface area contributed by atoms with Crippen LogP contribution in [-0.4, -0.2) is 32.5 Å². The van der Waals surface area contributed by atoms with Crippen molar-refractivity contribution in [1.82, 2.24) is 5.32 Å². The second-order valence-corrected chi connectivity index (χ2v) is 9.72. The number of para-hydroxylation sites is 1. The Hall–Kier alpha value is -3.39. The SMILES string of the molecule is O=C(NCCCCc1ccccc1)c1ccc(C2N(c3ccccc3)C(=O)CS2(=O)=O)o1. The van der Waals surface area contributed by atoms with Gasteiger partial charge in [-0.05, 0) is 49.1 Å². The molecule has 0 spiro atoms. The number of unbranched alkanes of at least 4 members (excludes halogenated alkanes) is 1. The standard InChI is InChI=1S/C24H24N2O5S/c27-22-17-32(29,30)24(26(22)19-12-5-2-6-13-19)21-15-14-20(31-21)23(28)25-16-8-7-11-18-9-3-1-4-10-18/h1-6,9-10,12-15,24H,7-8,11,16-17H2,(H,25,28). The fraction of sp³-hybridized carbons (Fsp3) is 0.250. The van der Waals surface area contributed by atoms with E-state index in [2.05, 4.69) is 17.4 Å². The average Bonchev–Trinajstić information content (AvgIpc) is 3.36. The first-order valence-corrected chi connectivity index (χ1v) is 12.2. The van der Waals surface area contributed by atoms with Gasteiger partial charge in [0, 0.05) is 12.2 Å². The van der Waals surface area contributed by atoms with Gasteiger partial charge in [0.25, 0.3) is 5.91 Å². The van der Waals surface area contributed by atoms with Crippen molar-refractivity contribution in [2.45, 2.75) is 24.6 Å². The molecule has 1 aliphatic heterocycles. The lowest BCUT2D eigenvalue weighted by Gasteiger charge is -2.21. The molecule has 0 radical (unpaired) electrons. The van der Waals surface area contributed by atoms with Gasteiger partial charge in [-0.25, -0.2) is 8.42 Å². The first-order valence-electron chi connectivity index (χ1n) is 10.5. The minimum absolute atomic E-state index is 0.0191. The van der Waals surface area contributed by atoms with Gasteiger partial charge in [0.05, 0.1) is 0 Å². The molecule has 1 unspecified atom stereocenters. The predicted molar refractivity (Wildman–Crippen MR) is 121 cm³/mol. The number of anilines is 1. The predicted octanol–water partition coefficient (Wildman–Crippen LogP) is 3.49. The molecule has 1 N–H and O–H groups in total. The third-order valence-corrected chi connectivity index (χ3v) is 7.09. The van der Waals surface area contributed by atoms with Crippen LogP contribution < -0.4 is 10.2 Å². The van der Waals surface area contributed by atoms with Gasteiger partial charge in [-0.15, -0.1) is 0 Å². The summed E-state index contributed by atoms with van der Waals surface area (Å²) in [6, 6.07) is 21.6. The molecule has 166 valence electrons. The monoisotopic (exact) mass is 452 g/mol. The number of aryl methyl sites for hydroxylation is 1. The number of nitrogens with one attached hydrogen (secondary N) is 1. The number of amides is 2. The number of furan rings is 1. The first-order chi connectivity index (χ1) is 15.5. The summed E-state index contributed by atoms with van der Waals surface area (Å²) in [7, 11) is -3.80. The smallest absolute Gasteiger partial charge is 0.286 e. The van der Waals surface area contributed by atoms with E-state index in [0.29, 0.717) is 12.2 Å². The number of benzene rings is 2. The first kappa shape index (κ1) is 21.8. The summed E-state index contributed by atoms with van der Waals surface area (Å²) in [6.07, 6.45) is 2.67. The lowest BCUT2D eigenvalue weighted by Crippen LogP contribution is -2.29. The van der Waals surface area contributed by atoms with Gasteiger partial charge in [0.2, 0.25) is 5.91 Å². The molecule has 0 bridgehead atoms. The minimum Gasteiger partial charge on any atom is -0.453 e. The van der Waals surface area contributed by atoms with E-state index in [0.717, 1.165) is 19.3 Å². The molecule has 8 heteroatoms. The molecule has 2 heterocycles. The van der Waals surface area contributed by atoms with Gasteiger partial charge in [-0.3, -0.25) is 14.5 Å². The van der Waals surface area contributed by atoms with E-state index in [9.17, 15) is 18.0 Å². The summed E-state index contributed by atoms with van der Waals surface area (Å²) in [5.41, 5.74) is 1.72. The molecule has 32 heavy (non-hydrogen) atoms. The molecular formula is C24H24N2O5S. The summed E-state index contributed by atoms with van der Waals surface area (Å²) in [6.45, 7) is 0.484. The van der Waals surface area contributed by atoms with E-state index in [4.69, 9.17) is 4.42 Å². The molecule has 1 fully saturated rings. The topological polar surface area (TPSA) is 96.7 Å². The molecule has 4 rings (SSSR count). The van der Waals surface area contributed by atoms with E-state index in [-0.39, 0.29) is 11.5 Å². The highest BCUT2D eigenvalue weighted by molar-refractivity contribution is 7.93. The summed E-state index contributed by atoms with van der Waals surface area (Å²) >= 11 is 0. The number of hydrogen-bond donors (Lipinski definition) is 1. The number of nitrogens with zero attached hydrogens (tertiary/aromatic N) is 1.